The summed E-state index contributed by atoms with van der Waals surface area (Å²) in [7, 11) is 0. The SMILES string of the molecule is N#Cc1ccc(Cl)cc1/C=C/c1ccc(Cl)cc1. The highest BCUT2D eigenvalue weighted by Crippen LogP contribution is 2.18. The monoisotopic (exact) mass is 273 g/mol. The molecule has 0 fully saturated rings. The van der Waals surface area contributed by atoms with Gasteiger partial charge in [0.1, 0.15) is 0 Å². The van der Waals surface area contributed by atoms with Gasteiger partial charge in [0.2, 0.25) is 0 Å². The number of nitriles is 1. The minimum atomic E-state index is 0.601. The van der Waals surface area contributed by atoms with E-state index in [2.05, 4.69) is 6.07 Å². The molecule has 0 saturated carbocycles. The lowest BCUT2D eigenvalue weighted by atomic mass is 10.1. The molecule has 0 N–H and O–H groups in total. The molecule has 3 heteroatoms. The number of rotatable bonds is 2. The maximum atomic E-state index is 9.00. The van der Waals surface area contributed by atoms with Gasteiger partial charge < -0.3 is 0 Å². The van der Waals surface area contributed by atoms with E-state index in [1.54, 1.807) is 18.2 Å². The highest BCUT2D eigenvalue weighted by Gasteiger charge is 1.99. The summed E-state index contributed by atoms with van der Waals surface area (Å²) in [6, 6.07) is 14.8. The molecule has 0 aliphatic rings. The molecule has 18 heavy (non-hydrogen) atoms. The van der Waals surface area contributed by atoms with Crippen LogP contribution in [0.2, 0.25) is 10.0 Å². The van der Waals surface area contributed by atoms with Crippen LogP contribution >= 0.6 is 23.2 Å². The fraction of sp³-hybridized carbons (Fsp3) is 0. The summed E-state index contributed by atoms with van der Waals surface area (Å²) in [5.74, 6) is 0. The third kappa shape index (κ3) is 3.13. The second-order valence-corrected chi connectivity index (χ2v) is 4.60. The molecule has 0 heterocycles. The van der Waals surface area contributed by atoms with Crippen LogP contribution in [0.4, 0.5) is 0 Å². The number of hydrogen-bond donors (Lipinski definition) is 0. The third-order valence-electron chi connectivity index (χ3n) is 2.46. The van der Waals surface area contributed by atoms with Crippen molar-refractivity contribution in [3.8, 4) is 6.07 Å². The maximum Gasteiger partial charge on any atom is 0.0997 e. The van der Waals surface area contributed by atoms with E-state index in [-0.39, 0.29) is 0 Å². The van der Waals surface area contributed by atoms with Crippen molar-refractivity contribution in [2.75, 3.05) is 0 Å². The van der Waals surface area contributed by atoms with Gasteiger partial charge in [0.05, 0.1) is 11.6 Å². The van der Waals surface area contributed by atoms with Gasteiger partial charge in [-0.05, 0) is 41.5 Å². The van der Waals surface area contributed by atoms with Crippen LogP contribution in [0.3, 0.4) is 0 Å². The van der Waals surface area contributed by atoms with Gasteiger partial charge in [-0.1, -0.05) is 47.5 Å². The Morgan fingerprint density at radius 1 is 0.889 bits per heavy atom. The van der Waals surface area contributed by atoms with E-state index in [0.717, 1.165) is 11.1 Å². The highest BCUT2D eigenvalue weighted by molar-refractivity contribution is 6.31. The van der Waals surface area contributed by atoms with Crippen molar-refractivity contribution in [3.05, 3.63) is 69.2 Å². The molecule has 0 aliphatic carbocycles. The Bertz CT molecular complexity index is 622. The topological polar surface area (TPSA) is 23.8 Å². The second kappa shape index (κ2) is 5.73. The molecular weight excluding hydrogens is 265 g/mol. The van der Waals surface area contributed by atoms with Crippen molar-refractivity contribution in [3.63, 3.8) is 0 Å². The van der Waals surface area contributed by atoms with E-state index in [4.69, 9.17) is 28.5 Å². The van der Waals surface area contributed by atoms with Crippen LogP contribution in [0.5, 0.6) is 0 Å². The Kier molecular flexibility index (Phi) is 4.04. The maximum absolute atomic E-state index is 9.00. The molecule has 0 unspecified atom stereocenters. The second-order valence-electron chi connectivity index (χ2n) is 3.73. The summed E-state index contributed by atoms with van der Waals surface area (Å²) in [5.41, 5.74) is 2.42. The number of benzene rings is 2. The first-order chi connectivity index (χ1) is 8.69. The highest BCUT2D eigenvalue weighted by atomic mass is 35.5. The quantitative estimate of drug-likeness (QED) is 0.704. The van der Waals surface area contributed by atoms with Crippen LogP contribution < -0.4 is 0 Å². The fourth-order valence-electron chi connectivity index (χ4n) is 1.53. The average molecular weight is 274 g/mol. The summed E-state index contributed by atoms with van der Waals surface area (Å²) in [6.45, 7) is 0. The van der Waals surface area contributed by atoms with E-state index in [9.17, 15) is 0 Å². The van der Waals surface area contributed by atoms with Crippen LogP contribution in [-0.2, 0) is 0 Å². The predicted molar refractivity (Wildman–Crippen MR) is 76.5 cm³/mol. The Hall–Kier alpha value is -1.75. The molecule has 2 rings (SSSR count). The molecule has 2 aromatic rings. The minimum absolute atomic E-state index is 0.601. The van der Waals surface area contributed by atoms with Crippen LogP contribution in [0.15, 0.2) is 42.5 Å². The first-order valence-electron chi connectivity index (χ1n) is 5.32. The van der Waals surface area contributed by atoms with E-state index < -0.39 is 0 Å². The predicted octanol–water partition coefficient (Wildman–Crippen LogP) is 5.04. The van der Waals surface area contributed by atoms with Gasteiger partial charge in [-0.15, -0.1) is 0 Å². The molecule has 88 valence electrons. The number of halogens is 2. The number of nitrogens with zero attached hydrogens (tertiary/aromatic N) is 1. The lowest BCUT2D eigenvalue weighted by Crippen LogP contribution is -1.81. The summed E-state index contributed by atoms with van der Waals surface area (Å²) in [6.07, 6.45) is 3.79. The van der Waals surface area contributed by atoms with Gasteiger partial charge >= 0.3 is 0 Å². The van der Waals surface area contributed by atoms with Crippen molar-refractivity contribution in [1.29, 1.82) is 5.26 Å². The molecule has 0 aromatic heterocycles. The van der Waals surface area contributed by atoms with Gasteiger partial charge in [0.25, 0.3) is 0 Å². The molecule has 0 saturated heterocycles. The molecular formula is C15H9Cl2N. The van der Waals surface area contributed by atoms with Gasteiger partial charge in [-0.3, -0.25) is 0 Å². The largest absolute Gasteiger partial charge is 0.192 e. The number of hydrogen-bond acceptors (Lipinski definition) is 1. The van der Waals surface area contributed by atoms with E-state index in [1.165, 1.54) is 0 Å². The molecule has 0 spiro atoms. The van der Waals surface area contributed by atoms with Gasteiger partial charge in [-0.25, -0.2) is 0 Å². The van der Waals surface area contributed by atoms with Crippen molar-refractivity contribution >= 4 is 35.4 Å². The Morgan fingerprint density at radius 2 is 1.56 bits per heavy atom. The van der Waals surface area contributed by atoms with Crippen LogP contribution in [0.1, 0.15) is 16.7 Å². The molecule has 2 aromatic carbocycles. The summed E-state index contributed by atoms with van der Waals surface area (Å²) >= 11 is 11.7. The minimum Gasteiger partial charge on any atom is -0.192 e. The first kappa shape index (κ1) is 12.7. The van der Waals surface area contributed by atoms with Gasteiger partial charge in [-0.2, -0.15) is 5.26 Å². The van der Waals surface area contributed by atoms with Crippen LogP contribution in [0, 0.1) is 11.3 Å². The molecule has 0 aliphatic heterocycles. The van der Waals surface area contributed by atoms with Crippen LogP contribution in [-0.4, -0.2) is 0 Å². The lowest BCUT2D eigenvalue weighted by Gasteiger charge is -1.99. The lowest BCUT2D eigenvalue weighted by molar-refractivity contribution is 1.47. The summed E-state index contributed by atoms with van der Waals surface area (Å²) < 4.78 is 0. The van der Waals surface area contributed by atoms with Crippen molar-refractivity contribution in [2.45, 2.75) is 0 Å². The standard InChI is InChI=1S/C15H9Cl2N/c16-14-6-2-11(3-7-14)1-4-12-9-15(17)8-5-13(12)10-18/h1-9H/b4-1+. The summed E-state index contributed by atoms with van der Waals surface area (Å²) in [4.78, 5) is 0. The van der Waals surface area contributed by atoms with E-state index in [0.29, 0.717) is 15.6 Å². The molecule has 0 atom stereocenters. The molecule has 1 nitrogen and oxygen atoms in total. The zero-order valence-corrected chi connectivity index (χ0v) is 10.9. The summed E-state index contributed by atoms with van der Waals surface area (Å²) in [5, 5.41) is 10.3. The zero-order chi connectivity index (χ0) is 13.0. The average Bonchev–Trinajstić information content (AvgIpc) is 2.38. The van der Waals surface area contributed by atoms with Gasteiger partial charge in [0, 0.05) is 10.0 Å². The third-order valence-corrected chi connectivity index (χ3v) is 2.95. The molecule has 0 radical (unpaired) electrons. The van der Waals surface area contributed by atoms with Crippen molar-refractivity contribution < 1.29 is 0 Å². The van der Waals surface area contributed by atoms with Gasteiger partial charge in [0.15, 0.2) is 0 Å². The van der Waals surface area contributed by atoms with E-state index in [1.807, 2.05) is 36.4 Å². The zero-order valence-electron chi connectivity index (χ0n) is 9.40. The normalized spacial score (nSPS) is 10.5. The van der Waals surface area contributed by atoms with Crippen molar-refractivity contribution in [2.24, 2.45) is 0 Å². The molecule has 0 amide bonds. The Balaban J connectivity index is 2.31. The smallest absolute Gasteiger partial charge is 0.0997 e. The molecule has 0 bridgehead atoms. The first-order valence-corrected chi connectivity index (χ1v) is 6.08. The fourth-order valence-corrected chi connectivity index (χ4v) is 1.84. The Morgan fingerprint density at radius 3 is 2.22 bits per heavy atom. The Labute approximate surface area is 116 Å². The van der Waals surface area contributed by atoms with Crippen molar-refractivity contribution in [1.82, 2.24) is 0 Å². The van der Waals surface area contributed by atoms with Crippen LogP contribution in [0.25, 0.3) is 12.2 Å². The van der Waals surface area contributed by atoms with E-state index >= 15 is 0 Å².